The van der Waals surface area contributed by atoms with Gasteiger partial charge in [-0.1, -0.05) is 43.1 Å². The average molecular weight is 393 g/mol. The van der Waals surface area contributed by atoms with Crippen molar-refractivity contribution in [2.75, 3.05) is 17.4 Å². The van der Waals surface area contributed by atoms with Crippen molar-refractivity contribution in [1.29, 1.82) is 0 Å². The van der Waals surface area contributed by atoms with Gasteiger partial charge in [-0.15, -0.1) is 0 Å². The topological polar surface area (TPSA) is 66.5 Å². The molecule has 2 aromatic rings. The van der Waals surface area contributed by atoms with Crippen LogP contribution in [0.3, 0.4) is 0 Å². The third-order valence-corrected chi connectivity index (χ3v) is 6.72. The van der Waals surface area contributed by atoms with Crippen molar-refractivity contribution in [1.82, 2.24) is 5.32 Å². The molecule has 0 fully saturated rings. The molecule has 5 nitrogen and oxygen atoms in total. The number of benzene rings is 2. The summed E-state index contributed by atoms with van der Waals surface area (Å²) in [6, 6.07) is 11.8. The summed E-state index contributed by atoms with van der Waals surface area (Å²) in [4.78, 5) is 12.2. The second kappa shape index (κ2) is 7.68. The molecule has 2 aromatic carbocycles. The molecule has 7 heteroatoms. The predicted octanol–water partition coefficient (Wildman–Crippen LogP) is 3.62. The SMILES string of the molecule is CCCCNC(=O)c1ccc(Cl)c(S(=O)(=O)N2CCc3ccccc32)c1. The van der Waals surface area contributed by atoms with E-state index in [-0.39, 0.29) is 21.4 Å². The lowest BCUT2D eigenvalue weighted by Crippen LogP contribution is -2.30. The van der Waals surface area contributed by atoms with Crippen LogP contribution < -0.4 is 9.62 Å². The Balaban J connectivity index is 1.93. The molecule has 1 heterocycles. The molecule has 26 heavy (non-hydrogen) atoms. The van der Waals surface area contributed by atoms with Gasteiger partial charge in [0.05, 0.1) is 10.7 Å². The zero-order chi connectivity index (χ0) is 18.7. The minimum Gasteiger partial charge on any atom is -0.352 e. The first-order valence-corrected chi connectivity index (χ1v) is 10.5. The molecule has 1 aliphatic heterocycles. The zero-order valence-corrected chi connectivity index (χ0v) is 16.1. The summed E-state index contributed by atoms with van der Waals surface area (Å²) in [5, 5.41) is 2.90. The molecule has 0 saturated heterocycles. The number of halogens is 1. The Hall–Kier alpha value is -2.05. The molecular formula is C19H21ClN2O3S. The Labute approximate surface area is 159 Å². The Morgan fingerprint density at radius 2 is 2.00 bits per heavy atom. The summed E-state index contributed by atoms with van der Waals surface area (Å²) in [5.41, 5.74) is 1.94. The number of nitrogens with one attached hydrogen (secondary N) is 1. The smallest absolute Gasteiger partial charge is 0.265 e. The average Bonchev–Trinajstić information content (AvgIpc) is 3.07. The Morgan fingerprint density at radius 1 is 1.23 bits per heavy atom. The number of nitrogens with zero attached hydrogens (tertiary/aromatic N) is 1. The first-order valence-electron chi connectivity index (χ1n) is 8.63. The molecule has 0 radical (unpaired) electrons. The van der Waals surface area contributed by atoms with Gasteiger partial charge in [0.1, 0.15) is 4.90 Å². The largest absolute Gasteiger partial charge is 0.352 e. The summed E-state index contributed by atoms with van der Waals surface area (Å²) in [6.07, 6.45) is 2.49. The van der Waals surface area contributed by atoms with Crippen molar-refractivity contribution in [2.24, 2.45) is 0 Å². The molecule has 0 aromatic heterocycles. The number of carbonyl (C=O) groups excluding carboxylic acids is 1. The summed E-state index contributed by atoms with van der Waals surface area (Å²) >= 11 is 6.18. The first-order chi connectivity index (χ1) is 12.4. The molecule has 0 spiro atoms. The Morgan fingerprint density at radius 3 is 2.77 bits per heavy atom. The van der Waals surface area contributed by atoms with E-state index >= 15 is 0 Å². The van der Waals surface area contributed by atoms with E-state index in [9.17, 15) is 13.2 Å². The highest BCUT2D eigenvalue weighted by molar-refractivity contribution is 7.93. The number of fused-ring (bicyclic) bond motifs is 1. The Bertz CT molecular complexity index is 928. The lowest BCUT2D eigenvalue weighted by molar-refractivity contribution is 0.0953. The Kier molecular flexibility index (Phi) is 5.53. The summed E-state index contributed by atoms with van der Waals surface area (Å²) in [5.74, 6) is -0.298. The van der Waals surface area contributed by atoms with Crippen LogP contribution in [-0.4, -0.2) is 27.4 Å². The summed E-state index contributed by atoms with van der Waals surface area (Å²) in [6.45, 7) is 2.96. The molecule has 0 bridgehead atoms. The van der Waals surface area contributed by atoms with Crippen LogP contribution in [0.5, 0.6) is 0 Å². The number of rotatable bonds is 6. The molecule has 0 aliphatic carbocycles. The molecule has 0 saturated carbocycles. The van der Waals surface area contributed by atoms with Gasteiger partial charge in [0, 0.05) is 18.7 Å². The molecular weight excluding hydrogens is 372 g/mol. The van der Waals surface area contributed by atoms with E-state index < -0.39 is 10.0 Å². The van der Waals surface area contributed by atoms with Crippen molar-refractivity contribution in [2.45, 2.75) is 31.1 Å². The van der Waals surface area contributed by atoms with E-state index in [1.54, 1.807) is 12.1 Å². The number of unbranched alkanes of at least 4 members (excludes halogenated alkanes) is 1. The molecule has 138 valence electrons. The lowest BCUT2D eigenvalue weighted by Gasteiger charge is -2.20. The van der Waals surface area contributed by atoms with Gasteiger partial charge in [-0.05, 0) is 42.7 Å². The third-order valence-electron chi connectivity index (χ3n) is 4.42. The number of sulfonamides is 1. The number of carbonyl (C=O) groups is 1. The maximum absolute atomic E-state index is 13.2. The maximum Gasteiger partial charge on any atom is 0.265 e. The fraction of sp³-hybridized carbons (Fsp3) is 0.316. The molecule has 0 unspecified atom stereocenters. The van der Waals surface area contributed by atoms with E-state index in [2.05, 4.69) is 5.32 Å². The van der Waals surface area contributed by atoms with Crippen LogP contribution in [0, 0.1) is 0 Å². The number of hydrogen-bond donors (Lipinski definition) is 1. The fourth-order valence-electron chi connectivity index (χ4n) is 3.00. The minimum atomic E-state index is -3.84. The molecule has 1 amide bonds. The number of hydrogen-bond acceptors (Lipinski definition) is 3. The number of amides is 1. The third kappa shape index (κ3) is 3.57. The predicted molar refractivity (Wildman–Crippen MR) is 103 cm³/mol. The van der Waals surface area contributed by atoms with E-state index in [1.807, 2.05) is 25.1 Å². The monoisotopic (exact) mass is 392 g/mol. The van der Waals surface area contributed by atoms with Gasteiger partial charge in [-0.3, -0.25) is 9.10 Å². The van der Waals surface area contributed by atoms with Gasteiger partial charge >= 0.3 is 0 Å². The molecule has 1 N–H and O–H groups in total. The van der Waals surface area contributed by atoms with Crippen LogP contribution in [0.25, 0.3) is 0 Å². The van der Waals surface area contributed by atoms with Gasteiger partial charge in [0.15, 0.2) is 0 Å². The summed E-state index contributed by atoms with van der Waals surface area (Å²) < 4.78 is 27.7. The van der Waals surface area contributed by atoms with Crippen molar-refractivity contribution in [3.8, 4) is 0 Å². The number of anilines is 1. The van der Waals surface area contributed by atoms with Crippen LogP contribution >= 0.6 is 11.6 Å². The lowest BCUT2D eigenvalue weighted by atomic mass is 10.2. The van der Waals surface area contributed by atoms with Gasteiger partial charge in [0.2, 0.25) is 0 Å². The van der Waals surface area contributed by atoms with Crippen molar-refractivity contribution in [3.63, 3.8) is 0 Å². The van der Waals surface area contributed by atoms with Gasteiger partial charge in [-0.2, -0.15) is 0 Å². The quantitative estimate of drug-likeness (QED) is 0.763. The van der Waals surface area contributed by atoms with Crippen LogP contribution in [-0.2, 0) is 16.4 Å². The van der Waals surface area contributed by atoms with Gasteiger partial charge < -0.3 is 5.32 Å². The molecule has 3 rings (SSSR count). The van der Waals surface area contributed by atoms with Crippen molar-refractivity contribution >= 4 is 33.2 Å². The zero-order valence-electron chi connectivity index (χ0n) is 14.5. The van der Waals surface area contributed by atoms with Gasteiger partial charge in [0.25, 0.3) is 15.9 Å². The normalized spacial score (nSPS) is 13.5. The first kappa shape index (κ1) is 18.7. The van der Waals surface area contributed by atoms with E-state index in [1.165, 1.54) is 16.4 Å². The fourth-order valence-corrected chi connectivity index (χ4v) is 5.01. The van der Waals surface area contributed by atoms with Gasteiger partial charge in [-0.25, -0.2) is 8.42 Å². The van der Waals surface area contributed by atoms with Crippen molar-refractivity contribution in [3.05, 3.63) is 58.6 Å². The standard InChI is InChI=1S/C19H21ClN2O3S/c1-2-3-11-21-19(23)15-8-9-16(20)18(13-15)26(24,25)22-12-10-14-6-4-5-7-17(14)22/h4-9,13H,2-3,10-12H2,1H3,(H,21,23). The summed E-state index contributed by atoms with van der Waals surface area (Å²) in [7, 11) is -3.84. The highest BCUT2D eigenvalue weighted by Crippen LogP contribution is 2.35. The highest BCUT2D eigenvalue weighted by atomic mass is 35.5. The van der Waals surface area contributed by atoms with Crippen LogP contribution in [0.2, 0.25) is 5.02 Å². The molecule has 0 atom stereocenters. The van der Waals surface area contributed by atoms with Crippen molar-refractivity contribution < 1.29 is 13.2 Å². The van der Waals surface area contributed by atoms with Crippen LogP contribution in [0.1, 0.15) is 35.7 Å². The van der Waals surface area contributed by atoms with Crippen LogP contribution in [0.15, 0.2) is 47.4 Å². The highest BCUT2D eigenvalue weighted by Gasteiger charge is 2.32. The second-order valence-electron chi connectivity index (χ2n) is 6.21. The van der Waals surface area contributed by atoms with Crippen LogP contribution in [0.4, 0.5) is 5.69 Å². The second-order valence-corrected chi connectivity index (χ2v) is 8.45. The minimum absolute atomic E-state index is 0.0426. The van der Waals surface area contributed by atoms with E-state index in [4.69, 9.17) is 11.6 Å². The van der Waals surface area contributed by atoms with E-state index in [0.717, 1.165) is 18.4 Å². The number of para-hydroxylation sites is 1. The molecule has 1 aliphatic rings. The maximum atomic E-state index is 13.2. The van der Waals surface area contributed by atoms with E-state index in [0.29, 0.717) is 25.2 Å².